The van der Waals surface area contributed by atoms with Crippen molar-refractivity contribution in [2.75, 3.05) is 25.5 Å². The summed E-state index contributed by atoms with van der Waals surface area (Å²) in [5.74, 6) is 0. The van der Waals surface area contributed by atoms with Gasteiger partial charge in [-0.2, -0.15) is 5.10 Å². The highest BCUT2D eigenvalue weighted by Gasteiger charge is 2.18. The number of hydrogen-bond donors (Lipinski definition) is 1. The Morgan fingerprint density at radius 2 is 2.32 bits per heavy atom. The van der Waals surface area contributed by atoms with E-state index in [0.29, 0.717) is 12.6 Å². The largest absolute Gasteiger partial charge is 0.384 e. The van der Waals surface area contributed by atoms with E-state index in [0.717, 1.165) is 18.7 Å². The van der Waals surface area contributed by atoms with Crippen LogP contribution in [0, 0.1) is 0 Å². The Morgan fingerprint density at radius 3 is 3.00 bits per heavy atom. The average Bonchev–Trinajstić information content (AvgIpc) is 2.40. The molecule has 19 heavy (non-hydrogen) atoms. The third-order valence-corrected chi connectivity index (χ3v) is 3.85. The Morgan fingerprint density at radius 1 is 1.47 bits per heavy atom. The van der Waals surface area contributed by atoms with E-state index in [4.69, 9.17) is 0 Å². The van der Waals surface area contributed by atoms with Gasteiger partial charge in [-0.25, -0.2) is 4.68 Å². The van der Waals surface area contributed by atoms with Gasteiger partial charge in [0.05, 0.1) is 11.9 Å². The number of hydrogen-bond acceptors (Lipinski definition) is 4. The molecule has 1 aromatic heterocycles. The van der Waals surface area contributed by atoms with Crippen LogP contribution in [0.1, 0.15) is 32.6 Å². The second-order valence-corrected chi connectivity index (χ2v) is 5.25. The third kappa shape index (κ3) is 3.80. The molecule has 5 nitrogen and oxygen atoms in total. The lowest BCUT2D eigenvalue weighted by molar-refractivity contribution is 0.169. The van der Waals surface area contributed by atoms with Crippen LogP contribution in [0.5, 0.6) is 0 Å². The Hall–Kier alpha value is -1.36. The number of aromatic nitrogens is 2. The number of rotatable bonds is 5. The molecule has 2 heterocycles. The molecule has 1 aromatic rings. The summed E-state index contributed by atoms with van der Waals surface area (Å²) >= 11 is 0. The quantitative estimate of drug-likeness (QED) is 0.876. The molecule has 5 heteroatoms. The molecule has 1 atom stereocenters. The summed E-state index contributed by atoms with van der Waals surface area (Å²) in [6.45, 7) is 4.69. The van der Waals surface area contributed by atoms with Crippen molar-refractivity contribution in [1.29, 1.82) is 0 Å². The highest BCUT2D eigenvalue weighted by Crippen LogP contribution is 2.17. The van der Waals surface area contributed by atoms with E-state index in [2.05, 4.69) is 22.4 Å². The molecule has 1 N–H and O–H groups in total. The molecular formula is C14H24N4O. The minimum absolute atomic E-state index is 0.0167. The molecule has 1 fully saturated rings. The maximum Gasteiger partial charge on any atom is 0.268 e. The lowest BCUT2D eigenvalue weighted by Crippen LogP contribution is -2.37. The monoisotopic (exact) mass is 264 g/mol. The van der Waals surface area contributed by atoms with E-state index < -0.39 is 0 Å². The van der Waals surface area contributed by atoms with E-state index in [-0.39, 0.29) is 5.56 Å². The second kappa shape index (κ2) is 6.70. The first-order valence-corrected chi connectivity index (χ1v) is 7.22. The first-order valence-electron chi connectivity index (χ1n) is 7.22. The minimum atomic E-state index is -0.0167. The van der Waals surface area contributed by atoms with Crippen molar-refractivity contribution in [3.63, 3.8) is 0 Å². The summed E-state index contributed by atoms with van der Waals surface area (Å²) in [7, 11) is 2.17. The summed E-state index contributed by atoms with van der Waals surface area (Å²) in [5, 5.41) is 7.33. The van der Waals surface area contributed by atoms with Crippen LogP contribution < -0.4 is 10.9 Å². The van der Waals surface area contributed by atoms with Gasteiger partial charge in [0, 0.05) is 25.2 Å². The molecule has 1 saturated heterocycles. The summed E-state index contributed by atoms with van der Waals surface area (Å²) in [5.41, 5.74) is 0.787. The highest BCUT2D eigenvalue weighted by atomic mass is 16.1. The predicted octanol–water partition coefficient (Wildman–Crippen LogP) is 1.55. The Balaban J connectivity index is 1.93. The van der Waals surface area contributed by atoms with Gasteiger partial charge < -0.3 is 10.2 Å². The Kier molecular flexibility index (Phi) is 4.96. The van der Waals surface area contributed by atoms with Crippen molar-refractivity contribution in [1.82, 2.24) is 14.7 Å². The van der Waals surface area contributed by atoms with Gasteiger partial charge in [0.25, 0.3) is 5.56 Å². The minimum Gasteiger partial charge on any atom is -0.384 e. The molecule has 0 spiro atoms. The van der Waals surface area contributed by atoms with Gasteiger partial charge in [-0.05, 0) is 39.8 Å². The molecule has 1 aliphatic heterocycles. The lowest BCUT2D eigenvalue weighted by atomic mass is 10.0. The van der Waals surface area contributed by atoms with Gasteiger partial charge in [0.2, 0.25) is 0 Å². The SMILES string of the molecule is CCNc1cnn(CCC2CCCCN2C)c(=O)c1. The van der Waals surface area contributed by atoms with Crippen molar-refractivity contribution in [3.8, 4) is 0 Å². The second-order valence-electron chi connectivity index (χ2n) is 5.25. The first-order chi connectivity index (χ1) is 9.20. The lowest BCUT2D eigenvalue weighted by Gasteiger charge is -2.32. The molecule has 0 saturated carbocycles. The zero-order chi connectivity index (χ0) is 13.7. The third-order valence-electron chi connectivity index (χ3n) is 3.85. The first kappa shape index (κ1) is 14.1. The van der Waals surface area contributed by atoms with Gasteiger partial charge in [-0.1, -0.05) is 6.42 Å². The number of aryl methyl sites for hydroxylation is 1. The normalized spacial score (nSPS) is 20.4. The van der Waals surface area contributed by atoms with Crippen LogP contribution in [0.3, 0.4) is 0 Å². The van der Waals surface area contributed by atoms with Crippen LogP contribution in [-0.2, 0) is 6.54 Å². The molecule has 0 amide bonds. The summed E-state index contributed by atoms with van der Waals surface area (Å²) in [6, 6.07) is 2.22. The van der Waals surface area contributed by atoms with Crippen molar-refractivity contribution in [2.45, 2.75) is 45.2 Å². The van der Waals surface area contributed by atoms with E-state index in [1.54, 1.807) is 16.9 Å². The zero-order valence-electron chi connectivity index (χ0n) is 11.9. The molecule has 2 rings (SSSR count). The van der Waals surface area contributed by atoms with Gasteiger partial charge in [0.15, 0.2) is 0 Å². The van der Waals surface area contributed by atoms with Crippen LogP contribution >= 0.6 is 0 Å². The fourth-order valence-corrected chi connectivity index (χ4v) is 2.68. The van der Waals surface area contributed by atoms with E-state index in [1.807, 2.05) is 6.92 Å². The molecule has 0 radical (unpaired) electrons. The van der Waals surface area contributed by atoms with Crippen molar-refractivity contribution < 1.29 is 0 Å². The van der Waals surface area contributed by atoms with Crippen molar-refractivity contribution in [3.05, 3.63) is 22.6 Å². The van der Waals surface area contributed by atoms with Crippen LogP contribution in [0.2, 0.25) is 0 Å². The van der Waals surface area contributed by atoms with E-state index in [9.17, 15) is 4.79 Å². The van der Waals surface area contributed by atoms with Crippen LogP contribution in [-0.4, -0.2) is 40.9 Å². The number of piperidine rings is 1. The summed E-state index contributed by atoms with van der Waals surface area (Å²) in [6.07, 6.45) is 6.57. The Bertz CT molecular complexity index is 457. The van der Waals surface area contributed by atoms with Crippen molar-refractivity contribution >= 4 is 5.69 Å². The number of likely N-dealkylation sites (tertiary alicyclic amines) is 1. The number of nitrogens with zero attached hydrogens (tertiary/aromatic N) is 3. The number of anilines is 1. The van der Waals surface area contributed by atoms with E-state index in [1.165, 1.54) is 25.8 Å². The summed E-state index contributed by atoms with van der Waals surface area (Å²) < 4.78 is 1.57. The van der Waals surface area contributed by atoms with Gasteiger partial charge >= 0.3 is 0 Å². The van der Waals surface area contributed by atoms with Crippen LogP contribution in [0.15, 0.2) is 17.1 Å². The molecule has 1 unspecified atom stereocenters. The van der Waals surface area contributed by atoms with Crippen LogP contribution in [0.4, 0.5) is 5.69 Å². The van der Waals surface area contributed by atoms with E-state index >= 15 is 0 Å². The fraction of sp³-hybridized carbons (Fsp3) is 0.714. The molecule has 1 aliphatic rings. The number of nitrogens with one attached hydrogen (secondary N) is 1. The topological polar surface area (TPSA) is 50.2 Å². The van der Waals surface area contributed by atoms with Gasteiger partial charge in [0.1, 0.15) is 0 Å². The highest BCUT2D eigenvalue weighted by molar-refractivity contribution is 5.38. The zero-order valence-corrected chi connectivity index (χ0v) is 11.9. The molecule has 0 bridgehead atoms. The molecule has 0 aromatic carbocycles. The maximum absolute atomic E-state index is 11.9. The smallest absolute Gasteiger partial charge is 0.268 e. The molecule has 0 aliphatic carbocycles. The summed E-state index contributed by atoms with van der Waals surface area (Å²) in [4.78, 5) is 14.3. The molecular weight excluding hydrogens is 240 g/mol. The average molecular weight is 264 g/mol. The maximum atomic E-state index is 11.9. The predicted molar refractivity (Wildman–Crippen MR) is 77.5 cm³/mol. The molecule has 106 valence electrons. The Labute approximate surface area is 114 Å². The van der Waals surface area contributed by atoms with Crippen LogP contribution in [0.25, 0.3) is 0 Å². The van der Waals surface area contributed by atoms with Crippen molar-refractivity contribution in [2.24, 2.45) is 0 Å². The van der Waals surface area contributed by atoms with Gasteiger partial charge in [-0.15, -0.1) is 0 Å². The fourth-order valence-electron chi connectivity index (χ4n) is 2.68. The standard InChI is InChI=1S/C14H24N4O/c1-3-15-12-10-14(19)18(16-11-12)9-7-13-6-4-5-8-17(13)2/h10-11,13,15H,3-9H2,1-2H3. The van der Waals surface area contributed by atoms with Gasteiger partial charge in [-0.3, -0.25) is 4.79 Å².